The summed E-state index contributed by atoms with van der Waals surface area (Å²) < 4.78 is 10.7. The van der Waals surface area contributed by atoms with Gasteiger partial charge in [0, 0.05) is 19.6 Å². The summed E-state index contributed by atoms with van der Waals surface area (Å²) in [5, 5.41) is 10.7. The lowest BCUT2D eigenvalue weighted by Crippen LogP contribution is -2.41. The lowest BCUT2D eigenvalue weighted by molar-refractivity contribution is -0.130. The molecule has 0 aliphatic carbocycles. The number of amides is 1. The SMILES string of the molecule is CN(C)CC1(O)CCCN(C(=O)Cc2ccc3c(c2)OCO3)CC1. The second kappa shape index (κ2) is 6.99. The Labute approximate surface area is 143 Å². The maximum Gasteiger partial charge on any atom is 0.231 e. The summed E-state index contributed by atoms with van der Waals surface area (Å²) in [6.07, 6.45) is 2.54. The van der Waals surface area contributed by atoms with Gasteiger partial charge in [0.25, 0.3) is 0 Å². The molecule has 1 N–H and O–H groups in total. The Morgan fingerprint density at radius 2 is 2.04 bits per heavy atom. The molecule has 1 saturated heterocycles. The van der Waals surface area contributed by atoms with Crippen LogP contribution in [0, 0.1) is 0 Å². The molecule has 6 nitrogen and oxygen atoms in total. The molecular weight excluding hydrogens is 308 g/mol. The number of hydrogen-bond donors (Lipinski definition) is 1. The van der Waals surface area contributed by atoms with Crippen LogP contribution in [0.3, 0.4) is 0 Å². The van der Waals surface area contributed by atoms with Gasteiger partial charge in [-0.3, -0.25) is 4.79 Å². The van der Waals surface area contributed by atoms with Crippen molar-refractivity contribution >= 4 is 5.91 Å². The van der Waals surface area contributed by atoms with Crippen LogP contribution < -0.4 is 9.47 Å². The average molecular weight is 334 g/mol. The summed E-state index contributed by atoms with van der Waals surface area (Å²) in [6.45, 7) is 2.19. The van der Waals surface area contributed by atoms with Gasteiger partial charge in [0.2, 0.25) is 12.7 Å². The van der Waals surface area contributed by atoms with Crippen LogP contribution in [-0.2, 0) is 11.2 Å². The number of ether oxygens (including phenoxy) is 2. The van der Waals surface area contributed by atoms with Gasteiger partial charge in [0.05, 0.1) is 12.0 Å². The first kappa shape index (κ1) is 17.0. The highest BCUT2D eigenvalue weighted by atomic mass is 16.7. The van der Waals surface area contributed by atoms with E-state index in [1.807, 2.05) is 42.1 Å². The third-order valence-corrected chi connectivity index (χ3v) is 4.67. The van der Waals surface area contributed by atoms with E-state index in [9.17, 15) is 9.90 Å². The van der Waals surface area contributed by atoms with E-state index >= 15 is 0 Å². The zero-order chi connectivity index (χ0) is 17.2. The van der Waals surface area contributed by atoms with E-state index in [2.05, 4.69) is 0 Å². The molecule has 1 atom stereocenters. The number of likely N-dealkylation sites (N-methyl/N-ethyl adjacent to an activating group) is 1. The molecule has 1 aromatic carbocycles. The summed E-state index contributed by atoms with van der Waals surface area (Å²) in [7, 11) is 3.93. The van der Waals surface area contributed by atoms with Gasteiger partial charge in [-0.05, 0) is 51.1 Å². The Bertz CT molecular complexity index is 605. The summed E-state index contributed by atoms with van der Waals surface area (Å²) in [5.74, 6) is 1.54. The van der Waals surface area contributed by atoms with Crippen LogP contribution >= 0.6 is 0 Å². The van der Waals surface area contributed by atoms with Gasteiger partial charge >= 0.3 is 0 Å². The molecule has 0 aromatic heterocycles. The van der Waals surface area contributed by atoms with Crippen molar-refractivity contribution < 1.29 is 19.4 Å². The minimum absolute atomic E-state index is 0.1000. The first-order valence-corrected chi connectivity index (χ1v) is 8.49. The molecule has 1 aromatic rings. The summed E-state index contributed by atoms with van der Waals surface area (Å²) in [5.41, 5.74) is 0.231. The van der Waals surface area contributed by atoms with Gasteiger partial charge in [0.15, 0.2) is 11.5 Å². The number of rotatable bonds is 4. The second-order valence-electron chi connectivity index (χ2n) is 7.06. The number of nitrogens with zero attached hydrogens (tertiary/aromatic N) is 2. The molecule has 3 rings (SSSR count). The van der Waals surface area contributed by atoms with Crippen molar-refractivity contribution in [3.8, 4) is 11.5 Å². The third kappa shape index (κ3) is 3.99. The number of carbonyl (C=O) groups excluding carboxylic acids is 1. The van der Waals surface area contributed by atoms with Crippen LogP contribution in [0.2, 0.25) is 0 Å². The second-order valence-corrected chi connectivity index (χ2v) is 7.06. The number of aliphatic hydroxyl groups is 1. The van der Waals surface area contributed by atoms with E-state index in [1.54, 1.807) is 0 Å². The molecule has 0 bridgehead atoms. The normalized spacial score (nSPS) is 23.4. The number of benzene rings is 1. The van der Waals surface area contributed by atoms with E-state index in [0.717, 1.165) is 24.2 Å². The first-order valence-electron chi connectivity index (χ1n) is 8.49. The van der Waals surface area contributed by atoms with Crippen molar-refractivity contribution in [3.63, 3.8) is 0 Å². The maximum atomic E-state index is 12.6. The van der Waals surface area contributed by atoms with Crippen molar-refractivity contribution in [1.29, 1.82) is 0 Å². The largest absolute Gasteiger partial charge is 0.454 e. The van der Waals surface area contributed by atoms with Crippen LogP contribution in [0.5, 0.6) is 11.5 Å². The Morgan fingerprint density at radius 1 is 1.25 bits per heavy atom. The highest BCUT2D eigenvalue weighted by Gasteiger charge is 2.32. The van der Waals surface area contributed by atoms with Crippen LogP contribution in [0.25, 0.3) is 0 Å². The van der Waals surface area contributed by atoms with Crippen molar-refractivity contribution in [2.45, 2.75) is 31.3 Å². The molecule has 2 heterocycles. The highest BCUT2D eigenvalue weighted by molar-refractivity contribution is 5.79. The number of fused-ring (bicyclic) bond motifs is 1. The topological polar surface area (TPSA) is 62.2 Å². The standard InChI is InChI=1S/C18H26N2O4/c1-19(2)12-18(22)6-3-8-20(9-7-18)17(21)11-14-4-5-15-16(10-14)24-13-23-15/h4-5,10,22H,3,6-9,11-13H2,1-2H3. The zero-order valence-corrected chi connectivity index (χ0v) is 14.5. The lowest BCUT2D eigenvalue weighted by Gasteiger charge is -2.30. The fourth-order valence-electron chi connectivity index (χ4n) is 3.51. The van der Waals surface area contributed by atoms with Crippen LogP contribution in [0.4, 0.5) is 0 Å². The quantitative estimate of drug-likeness (QED) is 0.898. The Morgan fingerprint density at radius 3 is 2.83 bits per heavy atom. The summed E-state index contributed by atoms with van der Waals surface area (Å²) in [6, 6.07) is 5.63. The molecule has 2 aliphatic heterocycles. The van der Waals surface area contributed by atoms with Gasteiger partial charge in [-0.25, -0.2) is 0 Å². The van der Waals surface area contributed by atoms with Gasteiger partial charge in [-0.1, -0.05) is 6.07 Å². The van der Waals surface area contributed by atoms with Crippen molar-refractivity contribution in [2.75, 3.05) is 40.5 Å². The predicted octanol–water partition coefficient (Wildman–Crippen LogP) is 1.26. The van der Waals surface area contributed by atoms with Crippen LogP contribution in [0.15, 0.2) is 18.2 Å². The maximum absolute atomic E-state index is 12.6. The molecule has 0 spiro atoms. The van der Waals surface area contributed by atoms with Crippen LogP contribution in [-0.4, -0.2) is 66.9 Å². The van der Waals surface area contributed by atoms with Gasteiger partial charge in [-0.15, -0.1) is 0 Å². The monoisotopic (exact) mass is 334 g/mol. The molecule has 0 radical (unpaired) electrons. The predicted molar refractivity (Wildman–Crippen MR) is 90.2 cm³/mol. The fraction of sp³-hybridized carbons (Fsp3) is 0.611. The smallest absolute Gasteiger partial charge is 0.231 e. The van der Waals surface area contributed by atoms with E-state index in [4.69, 9.17) is 9.47 Å². The van der Waals surface area contributed by atoms with E-state index < -0.39 is 5.60 Å². The van der Waals surface area contributed by atoms with E-state index in [1.165, 1.54) is 0 Å². The molecular formula is C18H26N2O4. The fourth-order valence-corrected chi connectivity index (χ4v) is 3.51. The van der Waals surface area contributed by atoms with Gasteiger partial charge in [-0.2, -0.15) is 0 Å². The Balaban J connectivity index is 1.59. The van der Waals surface area contributed by atoms with Crippen LogP contribution in [0.1, 0.15) is 24.8 Å². The Hall–Kier alpha value is -1.79. The number of carbonyl (C=O) groups is 1. The lowest BCUT2D eigenvalue weighted by atomic mass is 9.94. The number of hydrogen-bond acceptors (Lipinski definition) is 5. The number of likely N-dealkylation sites (tertiary alicyclic amines) is 1. The summed E-state index contributed by atoms with van der Waals surface area (Å²) >= 11 is 0. The van der Waals surface area contributed by atoms with Gasteiger partial charge < -0.3 is 24.4 Å². The molecule has 1 fully saturated rings. The molecule has 132 valence electrons. The summed E-state index contributed by atoms with van der Waals surface area (Å²) in [4.78, 5) is 16.5. The average Bonchev–Trinajstić information content (AvgIpc) is 2.88. The highest BCUT2D eigenvalue weighted by Crippen LogP contribution is 2.32. The zero-order valence-electron chi connectivity index (χ0n) is 14.5. The Kier molecular flexibility index (Phi) is 4.96. The van der Waals surface area contributed by atoms with Gasteiger partial charge in [0.1, 0.15) is 0 Å². The van der Waals surface area contributed by atoms with Crippen molar-refractivity contribution in [2.24, 2.45) is 0 Å². The molecule has 24 heavy (non-hydrogen) atoms. The van der Waals surface area contributed by atoms with Crippen molar-refractivity contribution in [3.05, 3.63) is 23.8 Å². The molecule has 1 unspecified atom stereocenters. The minimum Gasteiger partial charge on any atom is -0.454 e. The molecule has 0 saturated carbocycles. The third-order valence-electron chi connectivity index (χ3n) is 4.67. The molecule has 2 aliphatic rings. The first-order chi connectivity index (χ1) is 11.5. The molecule has 6 heteroatoms. The minimum atomic E-state index is -0.697. The van der Waals surface area contributed by atoms with E-state index in [0.29, 0.717) is 38.2 Å². The van der Waals surface area contributed by atoms with E-state index in [-0.39, 0.29) is 12.7 Å². The molecule has 1 amide bonds. The van der Waals surface area contributed by atoms with Crippen molar-refractivity contribution in [1.82, 2.24) is 9.80 Å².